The third kappa shape index (κ3) is 4.26. The third-order valence-electron chi connectivity index (χ3n) is 10.5. The van der Waals surface area contributed by atoms with Crippen molar-refractivity contribution >= 4 is 40.3 Å². The first-order valence-electron chi connectivity index (χ1n) is 13.3. The molecule has 4 fully saturated rings. The smallest absolute Gasteiger partial charge is 0.224 e. The van der Waals surface area contributed by atoms with Gasteiger partial charge in [-0.2, -0.15) is 0 Å². The number of amides is 1. The summed E-state index contributed by atoms with van der Waals surface area (Å²) < 4.78 is 0. The van der Waals surface area contributed by atoms with Crippen molar-refractivity contribution in [2.45, 2.75) is 97.6 Å². The Balaban J connectivity index is 1.51. The van der Waals surface area contributed by atoms with E-state index in [0.717, 1.165) is 41.1 Å². The number of carbonyl (C=O) groups is 1. The zero-order valence-electron chi connectivity index (χ0n) is 21.6. The van der Waals surface area contributed by atoms with E-state index >= 15 is 0 Å². The Hall–Kier alpha value is -0.750. The molecule has 3 saturated carbocycles. The van der Waals surface area contributed by atoms with Gasteiger partial charge in [0.05, 0.1) is 16.0 Å². The van der Waals surface area contributed by atoms with Crippen molar-refractivity contribution in [3.8, 4) is 0 Å². The molecule has 186 valence electrons. The molecule has 4 rings (SSSR count). The number of nitrogens with zero attached hydrogens (tertiary/aromatic N) is 1. The molecule has 1 amide bonds. The lowest BCUT2D eigenvalue weighted by atomic mass is 9.47. The van der Waals surface area contributed by atoms with Gasteiger partial charge in [0, 0.05) is 26.1 Å². The van der Waals surface area contributed by atoms with Gasteiger partial charge in [-0.3, -0.25) is 4.79 Å². The van der Waals surface area contributed by atoms with Gasteiger partial charge in [-0.1, -0.05) is 52.1 Å². The quantitative estimate of drug-likeness (QED) is 0.508. The minimum absolute atomic E-state index is 0.0625. The van der Waals surface area contributed by atoms with Crippen LogP contribution in [-0.4, -0.2) is 47.0 Å². The predicted molar refractivity (Wildman–Crippen MR) is 144 cm³/mol. The molecule has 2 N–H and O–H groups in total. The summed E-state index contributed by atoms with van der Waals surface area (Å²) in [7, 11) is 4.10. The highest BCUT2D eigenvalue weighted by Gasteiger charge is 2.61. The summed E-state index contributed by atoms with van der Waals surface area (Å²) in [6, 6.07) is 0.539. The number of piperidine rings is 1. The number of fused-ring (bicyclic) bond motifs is 5. The van der Waals surface area contributed by atoms with Gasteiger partial charge in [0.25, 0.3) is 0 Å². The predicted octanol–water partition coefficient (Wildman–Crippen LogP) is 5.34. The summed E-state index contributed by atoms with van der Waals surface area (Å²) in [5.41, 5.74) is 0.483. The largest absolute Gasteiger partial charge is 0.381 e. The van der Waals surface area contributed by atoms with Gasteiger partial charge in [0.1, 0.15) is 0 Å². The SMILES string of the molecule is CNC(=S)C(CC(C)C)NC(=O)[C@H]1CC[C@H]2[C@@H]3CC[C@H]4N(C)C(=S)CC[C@]4(C)[C@H]3CC[C@]12C. The Labute approximate surface area is 212 Å². The second kappa shape index (κ2) is 9.37. The molecular formula is C27H45N3OS2. The van der Waals surface area contributed by atoms with Gasteiger partial charge in [0.15, 0.2) is 0 Å². The molecule has 1 saturated heterocycles. The average molecular weight is 492 g/mol. The van der Waals surface area contributed by atoms with E-state index in [0.29, 0.717) is 23.3 Å². The molecule has 4 aliphatic rings. The van der Waals surface area contributed by atoms with Crippen LogP contribution in [0.15, 0.2) is 0 Å². The molecule has 1 aliphatic heterocycles. The van der Waals surface area contributed by atoms with Crippen LogP contribution in [0.5, 0.6) is 0 Å². The minimum atomic E-state index is -0.0625. The summed E-state index contributed by atoms with van der Waals surface area (Å²) in [5.74, 6) is 3.04. The van der Waals surface area contributed by atoms with Crippen LogP contribution in [0.3, 0.4) is 0 Å². The maximum absolute atomic E-state index is 13.6. The van der Waals surface area contributed by atoms with E-state index in [-0.39, 0.29) is 23.3 Å². The van der Waals surface area contributed by atoms with Gasteiger partial charge in [-0.25, -0.2) is 0 Å². The Kier molecular flexibility index (Phi) is 7.20. The van der Waals surface area contributed by atoms with Crippen molar-refractivity contribution in [2.24, 2.45) is 40.4 Å². The summed E-state index contributed by atoms with van der Waals surface area (Å²) in [6.07, 6.45) is 10.4. The van der Waals surface area contributed by atoms with E-state index in [4.69, 9.17) is 24.4 Å². The van der Waals surface area contributed by atoms with Gasteiger partial charge < -0.3 is 15.5 Å². The molecule has 0 spiro atoms. The number of nitrogens with one attached hydrogen (secondary N) is 2. The number of hydrogen-bond acceptors (Lipinski definition) is 3. The maximum atomic E-state index is 13.6. The molecule has 33 heavy (non-hydrogen) atoms. The first-order chi connectivity index (χ1) is 15.5. The molecular weight excluding hydrogens is 446 g/mol. The Morgan fingerprint density at radius 3 is 2.45 bits per heavy atom. The first kappa shape index (κ1) is 25.3. The normalized spacial score (nSPS) is 41.1. The fourth-order valence-corrected chi connectivity index (χ4v) is 9.12. The standard InChI is InChI=1S/C27H45N3OS2/c1-16(2)15-21(25(33)28-5)29-24(31)20-9-8-18-17-7-10-22-27(4,14-12-23(32)30(22)6)19(17)11-13-26(18,20)3/h16-22H,7-15H2,1-6H3,(H,28,33)(H,29,31)/t17-,18-,19-,20+,21?,22+,26-,27+/m0/s1. The van der Waals surface area contributed by atoms with Gasteiger partial charge >= 0.3 is 0 Å². The molecule has 0 aromatic heterocycles. The lowest BCUT2D eigenvalue weighted by Crippen LogP contribution is -2.61. The maximum Gasteiger partial charge on any atom is 0.224 e. The molecule has 0 bridgehead atoms. The summed E-state index contributed by atoms with van der Waals surface area (Å²) >= 11 is 11.2. The highest BCUT2D eigenvalue weighted by molar-refractivity contribution is 7.80. The van der Waals surface area contributed by atoms with Crippen molar-refractivity contribution in [3.63, 3.8) is 0 Å². The van der Waals surface area contributed by atoms with Crippen LogP contribution >= 0.6 is 24.4 Å². The molecule has 0 aromatic rings. The number of carbonyl (C=O) groups excluding carboxylic acids is 1. The lowest BCUT2D eigenvalue weighted by molar-refractivity contribution is -0.136. The number of rotatable bonds is 5. The van der Waals surface area contributed by atoms with Gasteiger partial charge in [-0.15, -0.1) is 0 Å². The summed E-state index contributed by atoms with van der Waals surface area (Å²) in [4.78, 5) is 18.0. The molecule has 8 atom stereocenters. The monoisotopic (exact) mass is 491 g/mol. The van der Waals surface area contributed by atoms with E-state index < -0.39 is 0 Å². The second-order valence-electron chi connectivity index (χ2n) is 12.5. The Morgan fingerprint density at radius 1 is 1.09 bits per heavy atom. The second-order valence-corrected chi connectivity index (χ2v) is 13.4. The minimum Gasteiger partial charge on any atom is -0.381 e. The molecule has 6 heteroatoms. The van der Waals surface area contributed by atoms with Crippen LogP contribution in [0, 0.1) is 40.4 Å². The summed E-state index contributed by atoms with van der Waals surface area (Å²) in [6.45, 7) is 9.38. The molecule has 0 aromatic carbocycles. The third-order valence-corrected chi connectivity index (χ3v) is 11.4. The lowest BCUT2D eigenvalue weighted by Gasteiger charge is -2.62. The highest BCUT2D eigenvalue weighted by atomic mass is 32.1. The van der Waals surface area contributed by atoms with E-state index in [1.165, 1.54) is 38.5 Å². The topological polar surface area (TPSA) is 44.4 Å². The average Bonchev–Trinajstić information content (AvgIpc) is 3.12. The van der Waals surface area contributed by atoms with Crippen LogP contribution in [0.2, 0.25) is 0 Å². The van der Waals surface area contributed by atoms with Crippen molar-refractivity contribution in [2.75, 3.05) is 14.1 Å². The van der Waals surface area contributed by atoms with Crippen molar-refractivity contribution < 1.29 is 4.79 Å². The van der Waals surface area contributed by atoms with Crippen LogP contribution < -0.4 is 10.6 Å². The van der Waals surface area contributed by atoms with E-state index in [1.807, 2.05) is 7.05 Å². The molecule has 3 aliphatic carbocycles. The number of likely N-dealkylation sites (N-methyl/N-ethyl adjacent to an activating group) is 1. The fraction of sp³-hybridized carbons (Fsp3) is 0.889. The van der Waals surface area contributed by atoms with Crippen molar-refractivity contribution in [3.05, 3.63) is 0 Å². The number of likely N-dealkylation sites (tertiary alicyclic amines) is 1. The highest BCUT2D eigenvalue weighted by Crippen LogP contribution is 2.66. The number of hydrogen-bond donors (Lipinski definition) is 2. The Bertz CT molecular complexity index is 800. The van der Waals surface area contributed by atoms with Gasteiger partial charge in [-0.05, 0) is 92.3 Å². The van der Waals surface area contributed by atoms with Crippen molar-refractivity contribution in [1.29, 1.82) is 0 Å². The van der Waals surface area contributed by atoms with E-state index in [1.54, 1.807) is 0 Å². The first-order valence-corrected chi connectivity index (χ1v) is 14.1. The van der Waals surface area contributed by atoms with Crippen LogP contribution in [0.1, 0.15) is 85.5 Å². The fourth-order valence-electron chi connectivity index (χ4n) is 8.73. The molecule has 1 unspecified atom stereocenters. The van der Waals surface area contributed by atoms with Gasteiger partial charge in [0.2, 0.25) is 5.91 Å². The molecule has 0 radical (unpaired) electrons. The number of thiocarbonyl (C=S) groups is 2. The van der Waals surface area contributed by atoms with Crippen LogP contribution in [-0.2, 0) is 4.79 Å². The Morgan fingerprint density at radius 2 is 1.79 bits per heavy atom. The zero-order chi connectivity index (χ0) is 24.1. The molecule has 4 nitrogen and oxygen atoms in total. The van der Waals surface area contributed by atoms with Crippen LogP contribution in [0.4, 0.5) is 0 Å². The van der Waals surface area contributed by atoms with Crippen molar-refractivity contribution in [1.82, 2.24) is 15.5 Å². The molecule has 1 heterocycles. The van der Waals surface area contributed by atoms with E-state index in [9.17, 15) is 4.79 Å². The van der Waals surface area contributed by atoms with E-state index in [2.05, 4.69) is 50.3 Å². The van der Waals surface area contributed by atoms with Crippen LogP contribution in [0.25, 0.3) is 0 Å². The summed E-state index contributed by atoms with van der Waals surface area (Å²) in [5, 5.41) is 6.48. The zero-order valence-corrected chi connectivity index (χ0v) is 23.2.